The Balaban J connectivity index is 0.00000264. The van der Waals surface area contributed by atoms with Crippen LogP contribution in [0.3, 0.4) is 0 Å². The van der Waals surface area contributed by atoms with Crippen molar-refractivity contribution >= 4 is 29.9 Å². The molecule has 0 unspecified atom stereocenters. The quantitative estimate of drug-likeness (QED) is 0.432. The van der Waals surface area contributed by atoms with Crippen LogP contribution in [-0.4, -0.2) is 28.1 Å². The summed E-state index contributed by atoms with van der Waals surface area (Å²) in [5.41, 5.74) is -0.0546. The molecule has 2 aromatic rings. The maximum Gasteiger partial charge on any atom is 0.246 e. The molecule has 0 spiro atoms. The number of guanidine groups is 1. The number of nitrogens with zero attached hydrogens (tertiary/aromatic N) is 4. The fourth-order valence-corrected chi connectivity index (χ4v) is 1.69. The maximum atomic E-state index is 5.71. The second kappa shape index (κ2) is 8.27. The smallest absolute Gasteiger partial charge is 0.246 e. The number of aliphatic imine (C=N–C) groups is 1. The topological polar surface area (TPSA) is 101 Å². The van der Waals surface area contributed by atoms with Crippen LogP contribution in [-0.2, 0) is 18.5 Å². The van der Waals surface area contributed by atoms with Crippen LogP contribution in [0.2, 0.25) is 0 Å². The Hall–Kier alpha value is -1.65. The van der Waals surface area contributed by atoms with Crippen molar-refractivity contribution in [3.8, 4) is 0 Å². The molecule has 0 aliphatic rings. The van der Waals surface area contributed by atoms with Gasteiger partial charge in [0, 0.05) is 12.5 Å². The summed E-state index contributed by atoms with van der Waals surface area (Å²) in [7, 11) is 1.69. The summed E-state index contributed by atoms with van der Waals surface area (Å²) in [6.45, 7) is 8.86. The summed E-state index contributed by atoms with van der Waals surface area (Å²) in [6, 6.07) is 0. The molecule has 0 bridgehead atoms. The Morgan fingerprint density at radius 2 is 1.87 bits per heavy atom. The Bertz CT molecular complexity index is 644. The molecule has 0 saturated carbocycles. The Morgan fingerprint density at radius 1 is 1.22 bits per heavy atom. The summed E-state index contributed by atoms with van der Waals surface area (Å²) in [5, 5.41) is 9.93. The minimum Gasteiger partial charge on any atom is -0.443 e. The number of hydrogen-bond donors (Lipinski definition) is 2. The van der Waals surface area contributed by atoms with E-state index in [0.29, 0.717) is 36.7 Å². The van der Waals surface area contributed by atoms with Gasteiger partial charge in [0.2, 0.25) is 11.8 Å². The van der Waals surface area contributed by atoms with E-state index in [1.807, 2.05) is 0 Å². The van der Waals surface area contributed by atoms with Gasteiger partial charge in [-0.25, -0.2) is 4.98 Å². The van der Waals surface area contributed by atoms with Gasteiger partial charge in [-0.15, -0.1) is 24.0 Å². The zero-order valence-corrected chi connectivity index (χ0v) is 16.3. The van der Waals surface area contributed by atoms with Gasteiger partial charge in [-0.05, 0) is 6.92 Å². The van der Waals surface area contributed by atoms with Gasteiger partial charge >= 0.3 is 0 Å². The summed E-state index contributed by atoms with van der Waals surface area (Å²) < 4.78 is 10.7. The minimum atomic E-state index is -0.0546. The number of rotatable bonds is 4. The van der Waals surface area contributed by atoms with E-state index in [9.17, 15) is 0 Å². The molecule has 0 amide bonds. The average molecular weight is 434 g/mol. The molecule has 2 aromatic heterocycles. The van der Waals surface area contributed by atoms with Crippen LogP contribution in [0.5, 0.6) is 0 Å². The van der Waals surface area contributed by atoms with Gasteiger partial charge in [0.15, 0.2) is 11.8 Å². The fraction of sp³-hybridized carbons (Fsp3) is 0.571. The molecule has 23 heavy (non-hydrogen) atoms. The molecule has 0 saturated heterocycles. The second-order valence-corrected chi connectivity index (χ2v) is 5.88. The zero-order chi connectivity index (χ0) is 16.2. The van der Waals surface area contributed by atoms with Crippen LogP contribution in [0.4, 0.5) is 0 Å². The highest BCUT2D eigenvalue weighted by molar-refractivity contribution is 14.0. The van der Waals surface area contributed by atoms with Gasteiger partial charge in [-0.1, -0.05) is 25.9 Å². The first-order chi connectivity index (χ1) is 10.4. The predicted molar refractivity (Wildman–Crippen MR) is 96.7 cm³/mol. The Kier molecular flexibility index (Phi) is 6.98. The molecule has 0 aromatic carbocycles. The lowest BCUT2D eigenvalue weighted by Crippen LogP contribution is -2.36. The molecule has 9 heteroatoms. The van der Waals surface area contributed by atoms with Crippen molar-refractivity contribution in [2.24, 2.45) is 4.99 Å². The summed E-state index contributed by atoms with van der Waals surface area (Å²) >= 11 is 0. The number of aryl methyl sites for hydroxylation is 1. The van der Waals surface area contributed by atoms with Gasteiger partial charge in [0.1, 0.15) is 5.76 Å². The van der Waals surface area contributed by atoms with Crippen molar-refractivity contribution in [2.75, 3.05) is 7.05 Å². The summed E-state index contributed by atoms with van der Waals surface area (Å²) in [4.78, 5) is 12.5. The highest BCUT2D eigenvalue weighted by Gasteiger charge is 2.19. The first-order valence-corrected chi connectivity index (χ1v) is 7.07. The molecule has 0 fully saturated rings. The lowest BCUT2D eigenvalue weighted by molar-refractivity contribution is 0.370. The predicted octanol–water partition coefficient (Wildman–Crippen LogP) is 2.15. The maximum absolute atomic E-state index is 5.71. The van der Waals surface area contributed by atoms with Gasteiger partial charge in [0.25, 0.3) is 0 Å². The van der Waals surface area contributed by atoms with Crippen LogP contribution in [0, 0.1) is 6.92 Å². The largest absolute Gasteiger partial charge is 0.443 e. The second-order valence-electron chi connectivity index (χ2n) is 5.88. The molecule has 128 valence electrons. The lowest BCUT2D eigenvalue weighted by Gasteiger charge is -2.13. The third kappa shape index (κ3) is 5.81. The highest BCUT2D eigenvalue weighted by atomic mass is 127. The summed E-state index contributed by atoms with van der Waals surface area (Å²) in [6.07, 6.45) is 1.76. The van der Waals surface area contributed by atoms with Crippen molar-refractivity contribution in [1.82, 2.24) is 25.8 Å². The van der Waals surface area contributed by atoms with Crippen LogP contribution in [0.25, 0.3) is 0 Å². The fourth-order valence-electron chi connectivity index (χ4n) is 1.69. The van der Waals surface area contributed by atoms with Gasteiger partial charge in [-0.3, -0.25) is 4.99 Å². The van der Waals surface area contributed by atoms with Crippen LogP contribution in [0.1, 0.15) is 44.1 Å². The number of nitrogens with one attached hydrogen (secondary N) is 2. The number of hydrogen-bond acceptors (Lipinski definition) is 6. The normalized spacial score (nSPS) is 12.0. The van der Waals surface area contributed by atoms with Gasteiger partial charge in [-0.2, -0.15) is 4.98 Å². The first-order valence-electron chi connectivity index (χ1n) is 7.07. The van der Waals surface area contributed by atoms with Crippen molar-refractivity contribution in [2.45, 2.75) is 46.2 Å². The third-order valence-electron chi connectivity index (χ3n) is 2.90. The Labute approximate surface area is 152 Å². The lowest BCUT2D eigenvalue weighted by atomic mass is 9.94. The van der Waals surface area contributed by atoms with Crippen LogP contribution in [0.15, 0.2) is 20.1 Å². The molecule has 2 heterocycles. The van der Waals surface area contributed by atoms with Crippen molar-refractivity contribution < 1.29 is 8.94 Å². The molecular weight excluding hydrogens is 411 g/mol. The van der Waals surface area contributed by atoms with E-state index in [1.165, 1.54) is 0 Å². The molecule has 0 aliphatic heterocycles. The number of aromatic nitrogens is 3. The van der Waals surface area contributed by atoms with E-state index in [1.54, 1.807) is 20.2 Å². The molecule has 0 radical (unpaired) electrons. The van der Waals surface area contributed by atoms with Crippen LogP contribution >= 0.6 is 24.0 Å². The van der Waals surface area contributed by atoms with E-state index < -0.39 is 0 Å². The van der Waals surface area contributed by atoms with Crippen molar-refractivity contribution in [1.29, 1.82) is 0 Å². The highest BCUT2D eigenvalue weighted by Crippen LogP contribution is 2.22. The average Bonchev–Trinajstić information content (AvgIpc) is 3.07. The molecular formula is C14H23IN6O2. The SMILES string of the molecule is CN=C(NCc1nc(C)no1)NCc1ncc(C(C)(C)C)o1.I. The van der Waals surface area contributed by atoms with Gasteiger partial charge < -0.3 is 19.6 Å². The molecule has 2 rings (SSSR count). The molecule has 0 atom stereocenters. The molecule has 0 aliphatic carbocycles. The van der Waals surface area contributed by atoms with Crippen molar-refractivity contribution in [3.63, 3.8) is 0 Å². The van der Waals surface area contributed by atoms with E-state index in [4.69, 9.17) is 8.94 Å². The van der Waals surface area contributed by atoms with Gasteiger partial charge in [0.05, 0.1) is 19.3 Å². The number of oxazole rings is 1. The van der Waals surface area contributed by atoms with E-state index in [-0.39, 0.29) is 29.4 Å². The number of halogens is 1. The van der Waals surface area contributed by atoms with E-state index in [2.05, 4.69) is 51.5 Å². The summed E-state index contributed by atoms with van der Waals surface area (Å²) in [5.74, 6) is 3.18. The molecule has 2 N–H and O–H groups in total. The van der Waals surface area contributed by atoms with E-state index in [0.717, 1.165) is 5.76 Å². The zero-order valence-electron chi connectivity index (χ0n) is 14.0. The standard InChI is InChI=1S/C14H22N6O2.HI/c1-9-19-12(22-20-9)8-18-13(15-5)17-7-11-16-6-10(21-11)14(2,3)4;/h6H,7-8H2,1-5H3,(H2,15,17,18);1H. The van der Waals surface area contributed by atoms with E-state index >= 15 is 0 Å². The monoisotopic (exact) mass is 434 g/mol. The first kappa shape index (κ1) is 19.4. The van der Waals surface area contributed by atoms with Crippen molar-refractivity contribution in [3.05, 3.63) is 29.6 Å². The minimum absolute atomic E-state index is 0. The molecule has 8 nitrogen and oxygen atoms in total. The van der Waals surface area contributed by atoms with Crippen LogP contribution < -0.4 is 10.6 Å². The third-order valence-corrected chi connectivity index (χ3v) is 2.90. The Morgan fingerprint density at radius 3 is 2.35 bits per heavy atom.